The van der Waals surface area contributed by atoms with E-state index in [1.165, 1.54) is 0 Å². The molecule has 144 valence electrons. The summed E-state index contributed by atoms with van der Waals surface area (Å²) >= 11 is 0. The highest BCUT2D eigenvalue weighted by Gasteiger charge is 2.55. The molecule has 1 aliphatic carbocycles. The number of Topliss-reactive ketones (excluding diaryl/α,β-unsaturated/α-hetero) is 1. The van der Waals surface area contributed by atoms with Gasteiger partial charge in [-0.1, -0.05) is 25.7 Å². The largest absolute Gasteiger partial charge is 0.450 e. The van der Waals surface area contributed by atoms with Crippen molar-refractivity contribution in [2.75, 3.05) is 0 Å². The minimum absolute atomic E-state index is 0.0572. The van der Waals surface area contributed by atoms with Crippen molar-refractivity contribution in [1.29, 1.82) is 0 Å². The third-order valence-corrected chi connectivity index (χ3v) is 6.09. The van der Waals surface area contributed by atoms with Crippen LogP contribution >= 0.6 is 0 Å². The van der Waals surface area contributed by atoms with E-state index < -0.39 is 17.7 Å². The van der Waals surface area contributed by atoms with Crippen LogP contribution in [-0.2, 0) is 24.0 Å². The van der Waals surface area contributed by atoms with Crippen LogP contribution in [0.25, 0.3) is 0 Å². The molecule has 3 rings (SSSR count). The van der Waals surface area contributed by atoms with Crippen LogP contribution in [0.1, 0.15) is 52.9 Å². The molecule has 1 N–H and O–H groups in total. The molecule has 2 heterocycles. The number of fused-ring (bicyclic) bond motifs is 2. The predicted octanol–water partition coefficient (Wildman–Crippen LogP) is 3.22. The van der Waals surface area contributed by atoms with E-state index in [-0.39, 0.29) is 29.3 Å². The van der Waals surface area contributed by atoms with Crippen molar-refractivity contribution in [3.8, 4) is 0 Å². The molecule has 2 fully saturated rings. The third-order valence-electron chi connectivity index (χ3n) is 6.09. The molecule has 0 spiro atoms. The summed E-state index contributed by atoms with van der Waals surface area (Å²) in [6.45, 7) is 9.52. The summed E-state index contributed by atoms with van der Waals surface area (Å²) in [7, 11) is 0. The van der Waals surface area contributed by atoms with E-state index in [4.69, 9.17) is 9.47 Å². The fourth-order valence-corrected chi connectivity index (χ4v) is 4.01. The molecule has 0 aromatic rings. The standard InChI is InChI=1S/C20H28O6/c1-12-7-5-8-19(3,26-23)9-6-10-20(4)15(25-20)11-14-13(2)18(22)24-17(14)16(12)21/h6,9,12,14-15,17,23H,2,5,7-8,10-11H2,1,3-4H3/b9-6+/t12-,14+,15-,17-,19+,20-/m0/s1. The van der Waals surface area contributed by atoms with Crippen LogP contribution in [-0.4, -0.2) is 40.4 Å². The molecule has 26 heavy (non-hydrogen) atoms. The predicted molar refractivity (Wildman–Crippen MR) is 94.3 cm³/mol. The number of hydrogen-bond acceptors (Lipinski definition) is 6. The summed E-state index contributed by atoms with van der Waals surface area (Å²) in [6.07, 6.45) is 6.15. The third kappa shape index (κ3) is 3.63. The molecule has 3 aliphatic rings. The fraction of sp³-hybridized carbons (Fsp3) is 0.700. The lowest BCUT2D eigenvalue weighted by Gasteiger charge is -2.24. The minimum Gasteiger partial charge on any atom is -0.450 e. The second-order valence-corrected chi connectivity index (χ2v) is 8.32. The number of rotatable bonds is 1. The van der Waals surface area contributed by atoms with Crippen molar-refractivity contribution in [2.24, 2.45) is 11.8 Å². The van der Waals surface area contributed by atoms with Crippen LogP contribution in [0.3, 0.4) is 0 Å². The molecular weight excluding hydrogens is 336 g/mol. The molecule has 0 aromatic heterocycles. The summed E-state index contributed by atoms with van der Waals surface area (Å²) in [5, 5.41) is 9.28. The first-order valence-electron chi connectivity index (χ1n) is 9.31. The van der Waals surface area contributed by atoms with Crippen molar-refractivity contribution in [3.05, 3.63) is 24.3 Å². The summed E-state index contributed by atoms with van der Waals surface area (Å²) < 4.78 is 11.2. The summed E-state index contributed by atoms with van der Waals surface area (Å²) in [4.78, 5) is 29.5. The second kappa shape index (κ2) is 6.91. The topological polar surface area (TPSA) is 85.4 Å². The molecule has 0 unspecified atom stereocenters. The quantitative estimate of drug-likeness (QED) is 0.192. The normalized spacial score (nSPS) is 45.3. The van der Waals surface area contributed by atoms with Gasteiger partial charge in [-0.2, -0.15) is 0 Å². The van der Waals surface area contributed by atoms with Crippen LogP contribution in [0.2, 0.25) is 0 Å². The van der Waals surface area contributed by atoms with Gasteiger partial charge in [-0.15, -0.1) is 0 Å². The number of carbonyl (C=O) groups is 2. The van der Waals surface area contributed by atoms with Gasteiger partial charge >= 0.3 is 5.97 Å². The van der Waals surface area contributed by atoms with Gasteiger partial charge in [0.05, 0.1) is 11.7 Å². The Morgan fingerprint density at radius 3 is 2.77 bits per heavy atom. The molecular formula is C20H28O6. The Morgan fingerprint density at radius 2 is 2.08 bits per heavy atom. The van der Waals surface area contributed by atoms with Crippen LogP contribution in [0, 0.1) is 11.8 Å². The average molecular weight is 364 g/mol. The van der Waals surface area contributed by atoms with Crippen LogP contribution in [0.4, 0.5) is 0 Å². The van der Waals surface area contributed by atoms with Gasteiger partial charge in [0, 0.05) is 17.4 Å². The SMILES string of the molecule is C=C1C(=O)O[C@@H]2C(=O)[C@@H](C)CCC[C@@](C)(OO)/C=C/C[C@]3(C)O[C@H]3C[C@H]12. The van der Waals surface area contributed by atoms with Gasteiger partial charge in [0.1, 0.15) is 5.60 Å². The van der Waals surface area contributed by atoms with Gasteiger partial charge in [0.2, 0.25) is 0 Å². The maximum absolute atomic E-state index is 12.9. The molecule has 0 radical (unpaired) electrons. The molecule has 0 bridgehead atoms. The molecule has 6 nitrogen and oxygen atoms in total. The molecule has 6 heteroatoms. The Labute approximate surface area is 154 Å². The highest BCUT2D eigenvalue weighted by atomic mass is 17.1. The smallest absolute Gasteiger partial charge is 0.334 e. The van der Waals surface area contributed by atoms with E-state index >= 15 is 0 Å². The Morgan fingerprint density at radius 1 is 1.35 bits per heavy atom. The lowest BCUT2D eigenvalue weighted by atomic mass is 9.82. The Kier molecular flexibility index (Phi) is 5.12. The molecule has 0 aromatic carbocycles. The zero-order valence-electron chi connectivity index (χ0n) is 15.7. The van der Waals surface area contributed by atoms with Gasteiger partial charge in [0.15, 0.2) is 11.9 Å². The Hall–Kier alpha value is -1.50. The van der Waals surface area contributed by atoms with Crippen molar-refractivity contribution >= 4 is 11.8 Å². The van der Waals surface area contributed by atoms with E-state index in [0.29, 0.717) is 37.7 Å². The summed E-state index contributed by atoms with van der Waals surface area (Å²) in [6, 6.07) is 0. The Balaban J connectivity index is 1.84. The van der Waals surface area contributed by atoms with E-state index in [9.17, 15) is 14.8 Å². The number of esters is 1. The maximum atomic E-state index is 12.9. The van der Waals surface area contributed by atoms with E-state index in [0.717, 1.165) is 0 Å². The Bertz CT molecular complexity index is 640. The maximum Gasteiger partial charge on any atom is 0.334 e. The van der Waals surface area contributed by atoms with Crippen molar-refractivity contribution < 1.29 is 29.2 Å². The van der Waals surface area contributed by atoms with Crippen molar-refractivity contribution in [2.45, 2.75) is 76.3 Å². The first-order valence-corrected chi connectivity index (χ1v) is 9.31. The zero-order valence-corrected chi connectivity index (χ0v) is 15.7. The van der Waals surface area contributed by atoms with Crippen LogP contribution < -0.4 is 0 Å². The van der Waals surface area contributed by atoms with Gasteiger partial charge in [-0.3, -0.25) is 10.1 Å². The number of carbonyl (C=O) groups excluding carboxylic acids is 2. The minimum atomic E-state index is -0.787. The molecule has 0 amide bonds. The monoisotopic (exact) mass is 364 g/mol. The lowest BCUT2D eigenvalue weighted by Crippen LogP contribution is -2.33. The number of ether oxygens (including phenoxy) is 2. The number of ketones is 1. The lowest BCUT2D eigenvalue weighted by molar-refractivity contribution is -0.304. The van der Waals surface area contributed by atoms with Crippen LogP contribution in [0.15, 0.2) is 24.3 Å². The van der Waals surface area contributed by atoms with E-state index in [1.807, 2.05) is 32.9 Å². The molecule has 6 atom stereocenters. The second-order valence-electron chi connectivity index (χ2n) is 8.32. The van der Waals surface area contributed by atoms with Gasteiger partial charge in [-0.25, -0.2) is 9.68 Å². The summed E-state index contributed by atoms with van der Waals surface area (Å²) in [5.74, 6) is -1.11. The first-order chi connectivity index (χ1) is 12.2. The van der Waals surface area contributed by atoms with E-state index in [2.05, 4.69) is 11.5 Å². The van der Waals surface area contributed by atoms with Crippen molar-refractivity contribution in [3.63, 3.8) is 0 Å². The molecule has 0 saturated carbocycles. The summed E-state index contributed by atoms with van der Waals surface area (Å²) in [5.41, 5.74) is -0.760. The fourth-order valence-electron chi connectivity index (χ4n) is 4.01. The highest BCUT2D eigenvalue weighted by molar-refractivity contribution is 5.98. The molecule has 2 saturated heterocycles. The highest BCUT2D eigenvalue weighted by Crippen LogP contribution is 2.47. The van der Waals surface area contributed by atoms with Gasteiger partial charge < -0.3 is 9.47 Å². The van der Waals surface area contributed by atoms with Crippen molar-refractivity contribution in [1.82, 2.24) is 0 Å². The van der Waals surface area contributed by atoms with Gasteiger partial charge in [0.25, 0.3) is 0 Å². The van der Waals surface area contributed by atoms with Crippen LogP contribution in [0.5, 0.6) is 0 Å². The van der Waals surface area contributed by atoms with E-state index in [1.54, 1.807) is 0 Å². The average Bonchev–Trinajstić information content (AvgIpc) is 3.15. The number of epoxide rings is 1. The van der Waals surface area contributed by atoms with Gasteiger partial charge in [-0.05, 0) is 46.0 Å². The zero-order chi connectivity index (χ0) is 19.1. The first kappa shape index (κ1) is 19.3. The number of hydrogen-bond donors (Lipinski definition) is 1. The molecule has 2 aliphatic heterocycles.